The molecule has 3 N–H and O–H groups in total. The van der Waals surface area contributed by atoms with Gasteiger partial charge in [0.1, 0.15) is 12.3 Å². The molecule has 0 aliphatic rings. The van der Waals surface area contributed by atoms with Crippen LogP contribution in [0.15, 0.2) is 41.4 Å². The summed E-state index contributed by atoms with van der Waals surface area (Å²) >= 11 is 0. The van der Waals surface area contributed by atoms with Crippen LogP contribution < -0.4 is 10.0 Å². The number of amides is 3. The predicted octanol–water partition coefficient (Wildman–Crippen LogP) is 0.681. The molecule has 0 atom stereocenters. The Hall–Kier alpha value is -4.00. The Morgan fingerprint density at radius 2 is 1.63 bits per heavy atom. The molecule has 1 heterocycles. The van der Waals surface area contributed by atoms with Gasteiger partial charge in [0.25, 0.3) is 27.7 Å². The molecule has 3 amide bonds. The quantitative estimate of drug-likeness (QED) is 0.392. The third-order valence-corrected chi connectivity index (χ3v) is 6.08. The third-order valence-electron chi connectivity index (χ3n) is 4.73. The summed E-state index contributed by atoms with van der Waals surface area (Å²) < 4.78 is 31.7. The van der Waals surface area contributed by atoms with Crippen LogP contribution >= 0.6 is 0 Å². The maximum absolute atomic E-state index is 12.6. The van der Waals surface area contributed by atoms with Crippen LogP contribution in [0.25, 0.3) is 0 Å². The van der Waals surface area contributed by atoms with Crippen LogP contribution in [0.5, 0.6) is 5.75 Å². The van der Waals surface area contributed by atoms with Gasteiger partial charge in [-0.2, -0.15) is 0 Å². The Labute approximate surface area is 202 Å². The summed E-state index contributed by atoms with van der Waals surface area (Å²) in [6.45, 7) is 5.92. The van der Waals surface area contributed by atoms with Crippen molar-refractivity contribution in [1.29, 1.82) is 0 Å². The van der Waals surface area contributed by atoms with Gasteiger partial charge < -0.3 is 20.1 Å². The minimum absolute atomic E-state index is 0.128. The zero-order valence-corrected chi connectivity index (χ0v) is 20.2. The van der Waals surface area contributed by atoms with Crippen LogP contribution in [-0.4, -0.2) is 73.3 Å². The zero-order chi connectivity index (χ0) is 26.2. The molecular weight excluding hydrogens is 480 g/mol. The molecule has 1 aromatic carbocycles. The number of rotatable bonds is 10. The minimum atomic E-state index is -4.31. The Bertz CT molecular complexity index is 1210. The number of hydrogen-bond donors (Lipinski definition) is 3. The second-order valence-corrected chi connectivity index (χ2v) is 8.70. The van der Waals surface area contributed by atoms with Crippen molar-refractivity contribution in [3.63, 3.8) is 0 Å². The molecule has 2 aromatic rings. The topological polar surface area (TPSA) is 172 Å². The van der Waals surface area contributed by atoms with E-state index in [1.165, 1.54) is 24.3 Å². The molecule has 1 aromatic heterocycles. The van der Waals surface area contributed by atoms with E-state index >= 15 is 0 Å². The van der Waals surface area contributed by atoms with E-state index in [1.807, 2.05) is 18.6 Å². The molecule has 188 valence electrons. The second-order valence-electron chi connectivity index (χ2n) is 7.02. The van der Waals surface area contributed by atoms with Gasteiger partial charge in [-0.15, -0.1) is 0 Å². The summed E-state index contributed by atoms with van der Waals surface area (Å²) in [6, 6.07) is 5.94. The fourth-order valence-electron chi connectivity index (χ4n) is 2.91. The van der Waals surface area contributed by atoms with Crippen molar-refractivity contribution in [2.75, 3.05) is 26.2 Å². The first-order valence-electron chi connectivity index (χ1n) is 10.6. The molecule has 12 nitrogen and oxygen atoms in total. The molecule has 0 bridgehead atoms. The Morgan fingerprint density at radius 3 is 2.17 bits per heavy atom. The van der Waals surface area contributed by atoms with Gasteiger partial charge in [0, 0.05) is 24.8 Å². The normalized spacial score (nSPS) is 10.8. The highest BCUT2D eigenvalue weighted by Gasteiger charge is 2.22. The van der Waals surface area contributed by atoms with E-state index in [0.29, 0.717) is 18.7 Å². The number of hydrogen-bond acceptors (Lipinski definition) is 9. The number of carbonyl (C=O) groups is 4. The number of pyridine rings is 1. The van der Waals surface area contributed by atoms with Crippen molar-refractivity contribution >= 4 is 33.7 Å². The van der Waals surface area contributed by atoms with Gasteiger partial charge in [-0.05, 0) is 51.1 Å². The lowest BCUT2D eigenvalue weighted by atomic mass is 10.2. The van der Waals surface area contributed by atoms with Crippen molar-refractivity contribution in [3.05, 3.63) is 53.3 Å². The van der Waals surface area contributed by atoms with Crippen LogP contribution in [0, 0.1) is 0 Å². The molecular formula is C22H26N4O8S. The summed E-state index contributed by atoms with van der Waals surface area (Å²) in [4.78, 5) is 53.2. The summed E-state index contributed by atoms with van der Waals surface area (Å²) in [7, 11) is -4.31. The number of ether oxygens (including phenoxy) is 1. The number of aromatic hydroxyl groups is 1. The maximum atomic E-state index is 12.6. The van der Waals surface area contributed by atoms with Crippen LogP contribution in [0.3, 0.4) is 0 Å². The molecule has 0 spiro atoms. The van der Waals surface area contributed by atoms with Gasteiger partial charge >= 0.3 is 5.97 Å². The van der Waals surface area contributed by atoms with Crippen molar-refractivity contribution in [2.45, 2.75) is 25.7 Å². The highest BCUT2D eigenvalue weighted by atomic mass is 32.2. The maximum Gasteiger partial charge on any atom is 0.325 e. The lowest BCUT2D eigenvalue weighted by Crippen LogP contribution is -2.32. The lowest BCUT2D eigenvalue weighted by Gasteiger charge is -2.18. The Morgan fingerprint density at radius 1 is 1.00 bits per heavy atom. The first kappa shape index (κ1) is 27.2. The standard InChI is InChI=1S/C22H26N4O8S/c1-4-26(5-2)22(31)14-7-9-16(10-8-14)35(32,33)25-20(29)15-11-17(27)19(23-12-15)21(30)24-13-18(28)34-6-3/h7-12,27H,4-6,13H2,1-3H3,(H,24,30)(H,25,29). The summed E-state index contributed by atoms with van der Waals surface area (Å²) in [6.07, 6.45) is 0.899. The second kappa shape index (κ2) is 11.9. The van der Waals surface area contributed by atoms with E-state index in [1.54, 1.807) is 11.8 Å². The molecule has 0 radical (unpaired) electrons. The van der Waals surface area contributed by atoms with Gasteiger partial charge in [0.05, 0.1) is 17.1 Å². The van der Waals surface area contributed by atoms with E-state index in [2.05, 4.69) is 15.0 Å². The largest absolute Gasteiger partial charge is 0.505 e. The van der Waals surface area contributed by atoms with Crippen LogP contribution in [-0.2, 0) is 19.6 Å². The van der Waals surface area contributed by atoms with Crippen LogP contribution in [0.2, 0.25) is 0 Å². The van der Waals surface area contributed by atoms with E-state index in [0.717, 1.165) is 12.3 Å². The van der Waals surface area contributed by atoms with E-state index < -0.39 is 45.8 Å². The first-order chi connectivity index (χ1) is 16.5. The first-order valence-corrected chi connectivity index (χ1v) is 12.1. The van der Waals surface area contributed by atoms with Gasteiger partial charge in [-0.25, -0.2) is 18.1 Å². The summed E-state index contributed by atoms with van der Waals surface area (Å²) in [5.74, 6) is -3.64. The van der Waals surface area contributed by atoms with E-state index in [4.69, 9.17) is 0 Å². The molecule has 35 heavy (non-hydrogen) atoms. The third kappa shape index (κ3) is 6.99. The van der Waals surface area contributed by atoms with Crippen molar-refractivity contribution < 1.29 is 37.4 Å². The predicted molar refractivity (Wildman–Crippen MR) is 123 cm³/mol. The highest BCUT2D eigenvalue weighted by Crippen LogP contribution is 2.17. The lowest BCUT2D eigenvalue weighted by molar-refractivity contribution is -0.141. The monoisotopic (exact) mass is 506 g/mol. The van der Waals surface area contributed by atoms with Crippen molar-refractivity contribution in [1.82, 2.24) is 19.9 Å². The van der Waals surface area contributed by atoms with E-state index in [9.17, 15) is 32.7 Å². The number of sulfonamides is 1. The number of benzene rings is 1. The highest BCUT2D eigenvalue weighted by molar-refractivity contribution is 7.90. The summed E-state index contributed by atoms with van der Waals surface area (Å²) in [5, 5.41) is 12.3. The average Bonchev–Trinajstić information content (AvgIpc) is 2.83. The summed E-state index contributed by atoms with van der Waals surface area (Å²) in [5.41, 5.74) is -0.506. The van der Waals surface area contributed by atoms with Crippen molar-refractivity contribution in [3.8, 4) is 5.75 Å². The van der Waals surface area contributed by atoms with Crippen LogP contribution in [0.4, 0.5) is 0 Å². The molecule has 0 aliphatic carbocycles. The number of carbonyl (C=O) groups excluding carboxylic acids is 4. The van der Waals surface area contributed by atoms with E-state index in [-0.39, 0.29) is 23.0 Å². The fraction of sp³-hybridized carbons (Fsp3) is 0.318. The number of nitrogens with zero attached hydrogens (tertiary/aromatic N) is 2. The molecule has 13 heteroatoms. The molecule has 0 saturated heterocycles. The van der Waals surface area contributed by atoms with Gasteiger partial charge in [0.15, 0.2) is 5.69 Å². The molecule has 2 rings (SSSR count). The number of aromatic nitrogens is 1. The SMILES string of the molecule is CCOC(=O)CNC(=O)c1ncc(C(=O)NS(=O)(=O)c2ccc(C(=O)N(CC)CC)cc2)cc1O. The number of esters is 1. The fourth-order valence-corrected chi connectivity index (χ4v) is 3.88. The molecule has 0 saturated carbocycles. The Kier molecular flexibility index (Phi) is 9.28. The Balaban J connectivity index is 2.11. The van der Waals surface area contributed by atoms with Gasteiger partial charge in [-0.1, -0.05) is 0 Å². The molecule has 0 fully saturated rings. The average molecular weight is 507 g/mol. The minimum Gasteiger partial charge on any atom is -0.505 e. The molecule has 0 aliphatic heterocycles. The van der Waals surface area contributed by atoms with Crippen molar-refractivity contribution in [2.24, 2.45) is 0 Å². The molecule has 0 unspecified atom stereocenters. The number of nitrogens with one attached hydrogen (secondary N) is 2. The zero-order valence-electron chi connectivity index (χ0n) is 19.4. The van der Waals surface area contributed by atoms with Gasteiger partial charge in [0.2, 0.25) is 0 Å². The smallest absolute Gasteiger partial charge is 0.325 e. The van der Waals surface area contributed by atoms with Crippen LogP contribution in [0.1, 0.15) is 52.0 Å². The van der Waals surface area contributed by atoms with Gasteiger partial charge in [-0.3, -0.25) is 19.2 Å².